The Morgan fingerprint density at radius 2 is 2.00 bits per heavy atom. The molecule has 1 N–H and O–H groups in total. The van der Waals surface area contributed by atoms with Crippen LogP contribution in [-0.2, 0) is 16.4 Å². The van der Waals surface area contributed by atoms with Gasteiger partial charge in [-0.15, -0.1) is 35.3 Å². The molecule has 144 valence electrons. The van der Waals surface area contributed by atoms with E-state index in [0.29, 0.717) is 24.4 Å². The quantitative estimate of drug-likeness (QED) is 0.270. The molecule has 0 radical (unpaired) electrons. The molecule has 0 fully saturated rings. The molecule has 0 atom stereocenters. The van der Waals surface area contributed by atoms with Gasteiger partial charge in [0.2, 0.25) is 0 Å². The summed E-state index contributed by atoms with van der Waals surface area (Å²) in [7, 11) is 0.416. The first-order valence-corrected chi connectivity index (χ1v) is 10.6. The van der Waals surface area contributed by atoms with Crippen molar-refractivity contribution in [3.8, 4) is 0 Å². The highest BCUT2D eigenvalue weighted by atomic mass is 127. The molecular weight excluding hydrogens is 483 g/mol. The molecule has 1 aromatic heterocycles. The molecule has 2 rings (SSSR count). The van der Waals surface area contributed by atoms with Crippen LogP contribution in [0.15, 0.2) is 45.6 Å². The van der Waals surface area contributed by atoms with Crippen molar-refractivity contribution in [3.63, 3.8) is 0 Å². The number of nitrogens with zero attached hydrogens (tertiary/aromatic N) is 3. The first-order valence-electron chi connectivity index (χ1n) is 8.03. The fourth-order valence-electron chi connectivity index (χ4n) is 2.39. The maximum Gasteiger partial charge on any atom is 0.193 e. The monoisotopic (exact) mass is 508 g/mol. The number of thiazole rings is 1. The number of halogens is 1. The highest BCUT2D eigenvalue weighted by Crippen LogP contribution is 2.11. The van der Waals surface area contributed by atoms with E-state index in [4.69, 9.17) is 0 Å². The van der Waals surface area contributed by atoms with Gasteiger partial charge in [0.15, 0.2) is 15.8 Å². The van der Waals surface area contributed by atoms with Crippen LogP contribution in [0.1, 0.15) is 17.1 Å². The summed E-state index contributed by atoms with van der Waals surface area (Å²) in [5.74, 6) is 0.832. The lowest BCUT2D eigenvalue weighted by atomic mass is 10.4. The number of nitrogens with one attached hydrogen (secondary N) is 1. The zero-order valence-corrected chi connectivity index (χ0v) is 19.1. The van der Waals surface area contributed by atoms with Crippen LogP contribution in [0.4, 0.5) is 0 Å². The molecular formula is C17H25IN4O2S2. The van der Waals surface area contributed by atoms with Crippen LogP contribution in [0, 0.1) is 6.92 Å². The smallest absolute Gasteiger partial charge is 0.193 e. The first-order chi connectivity index (χ1) is 11.9. The highest BCUT2D eigenvalue weighted by molar-refractivity contribution is 14.0. The van der Waals surface area contributed by atoms with E-state index in [-0.39, 0.29) is 29.7 Å². The Bertz CT molecular complexity index is 807. The van der Waals surface area contributed by atoms with Crippen LogP contribution in [0.5, 0.6) is 0 Å². The molecule has 0 saturated heterocycles. The van der Waals surface area contributed by atoms with Gasteiger partial charge in [0.05, 0.1) is 27.9 Å². The van der Waals surface area contributed by atoms with E-state index in [1.54, 1.807) is 42.6 Å². The molecule has 1 aromatic carbocycles. The van der Waals surface area contributed by atoms with Gasteiger partial charge >= 0.3 is 0 Å². The van der Waals surface area contributed by atoms with Crippen molar-refractivity contribution in [1.82, 2.24) is 15.2 Å². The molecule has 26 heavy (non-hydrogen) atoms. The number of hydrogen-bond donors (Lipinski definition) is 1. The van der Waals surface area contributed by atoms with Crippen LogP contribution >= 0.6 is 35.3 Å². The second kappa shape index (κ2) is 10.8. The Kier molecular flexibility index (Phi) is 9.51. The molecule has 6 nitrogen and oxygen atoms in total. The summed E-state index contributed by atoms with van der Waals surface area (Å²) in [4.78, 5) is 11.0. The van der Waals surface area contributed by atoms with E-state index < -0.39 is 9.84 Å². The fraction of sp³-hybridized carbons (Fsp3) is 0.412. The Morgan fingerprint density at radius 3 is 2.58 bits per heavy atom. The van der Waals surface area contributed by atoms with E-state index in [2.05, 4.69) is 15.3 Å². The summed E-state index contributed by atoms with van der Waals surface area (Å²) in [6, 6.07) is 8.55. The van der Waals surface area contributed by atoms with Crippen molar-refractivity contribution in [1.29, 1.82) is 0 Å². The van der Waals surface area contributed by atoms with E-state index in [9.17, 15) is 8.42 Å². The van der Waals surface area contributed by atoms with Crippen LogP contribution in [-0.4, -0.2) is 50.7 Å². The van der Waals surface area contributed by atoms with Crippen molar-refractivity contribution >= 4 is 51.1 Å². The third-order valence-corrected chi connectivity index (χ3v) is 6.25. The second-order valence-electron chi connectivity index (χ2n) is 5.67. The first kappa shape index (κ1) is 22.8. The zero-order chi connectivity index (χ0) is 18.3. The van der Waals surface area contributed by atoms with E-state index in [1.807, 2.05) is 30.3 Å². The molecule has 1 heterocycles. The standard InChI is InChI=1S/C17H24N4O2S2.HI/c1-14-20-15(13-24-14)12-21(3)17(18-2)19-10-7-11-25(22,23)16-8-5-4-6-9-16;/h4-6,8-9,13H,7,10-12H2,1-3H3,(H,18,19);1H. The lowest BCUT2D eigenvalue weighted by Gasteiger charge is -2.21. The minimum Gasteiger partial charge on any atom is -0.356 e. The average Bonchev–Trinajstić information content (AvgIpc) is 3.00. The van der Waals surface area contributed by atoms with Crippen molar-refractivity contribution in [2.45, 2.75) is 24.8 Å². The molecule has 2 aromatic rings. The zero-order valence-electron chi connectivity index (χ0n) is 15.2. The molecule has 0 unspecified atom stereocenters. The van der Waals surface area contributed by atoms with Crippen molar-refractivity contribution in [3.05, 3.63) is 46.4 Å². The molecule has 0 saturated carbocycles. The maximum atomic E-state index is 12.2. The van der Waals surface area contributed by atoms with E-state index in [1.165, 1.54) is 0 Å². The number of guanidine groups is 1. The van der Waals surface area contributed by atoms with Crippen molar-refractivity contribution in [2.24, 2.45) is 4.99 Å². The Hall–Kier alpha value is -1.20. The molecule has 0 bridgehead atoms. The summed E-state index contributed by atoms with van der Waals surface area (Å²) in [5.41, 5.74) is 1.000. The normalized spacial score (nSPS) is 11.7. The van der Waals surface area contributed by atoms with Gasteiger partial charge in [-0.3, -0.25) is 4.99 Å². The topological polar surface area (TPSA) is 74.7 Å². The van der Waals surface area contributed by atoms with Crippen LogP contribution in [0.2, 0.25) is 0 Å². The molecule has 9 heteroatoms. The van der Waals surface area contributed by atoms with Crippen molar-refractivity contribution < 1.29 is 8.42 Å². The van der Waals surface area contributed by atoms with Gasteiger partial charge in [0.25, 0.3) is 0 Å². The lowest BCUT2D eigenvalue weighted by molar-refractivity contribution is 0.470. The average molecular weight is 508 g/mol. The third-order valence-electron chi connectivity index (χ3n) is 3.61. The summed E-state index contributed by atoms with van der Waals surface area (Å²) in [6.07, 6.45) is 0.514. The van der Waals surface area contributed by atoms with E-state index >= 15 is 0 Å². The van der Waals surface area contributed by atoms with Gasteiger partial charge in [0.1, 0.15) is 0 Å². The number of aromatic nitrogens is 1. The largest absolute Gasteiger partial charge is 0.356 e. The van der Waals surface area contributed by atoms with Gasteiger partial charge in [-0.1, -0.05) is 18.2 Å². The summed E-state index contributed by atoms with van der Waals surface area (Å²) in [6.45, 7) is 3.18. The van der Waals surface area contributed by atoms with Gasteiger partial charge in [-0.25, -0.2) is 13.4 Å². The number of benzene rings is 1. The summed E-state index contributed by atoms with van der Waals surface area (Å²) < 4.78 is 24.5. The predicted octanol–water partition coefficient (Wildman–Crippen LogP) is 2.94. The Morgan fingerprint density at radius 1 is 1.31 bits per heavy atom. The Balaban J connectivity index is 0.00000338. The van der Waals surface area contributed by atoms with E-state index in [0.717, 1.165) is 16.7 Å². The van der Waals surface area contributed by atoms with Crippen LogP contribution in [0.25, 0.3) is 0 Å². The predicted molar refractivity (Wildman–Crippen MR) is 118 cm³/mol. The molecule has 0 aliphatic heterocycles. The molecule has 0 amide bonds. The summed E-state index contributed by atoms with van der Waals surface area (Å²) in [5, 5.41) is 6.28. The lowest BCUT2D eigenvalue weighted by Crippen LogP contribution is -2.39. The minimum atomic E-state index is -3.23. The summed E-state index contributed by atoms with van der Waals surface area (Å²) >= 11 is 1.62. The number of aryl methyl sites for hydroxylation is 1. The number of rotatable bonds is 7. The van der Waals surface area contributed by atoms with Gasteiger partial charge in [0, 0.05) is 26.0 Å². The molecule has 0 aliphatic carbocycles. The molecule has 0 spiro atoms. The fourth-order valence-corrected chi connectivity index (χ4v) is 4.33. The number of sulfone groups is 1. The van der Waals surface area contributed by atoms with Gasteiger partial charge < -0.3 is 10.2 Å². The van der Waals surface area contributed by atoms with Gasteiger partial charge in [-0.2, -0.15) is 0 Å². The van der Waals surface area contributed by atoms with Gasteiger partial charge in [-0.05, 0) is 25.5 Å². The second-order valence-corrected chi connectivity index (χ2v) is 8.84. The minimum absolute atomic E-state index is 0. The number of hydrogen-bond acceptors (Lipinski definition) is 5. The third kappa shape index (κ3) is 6.84. The highest BCUT2D eigenvalue weighted by Gasteiger charge is 2.14. The van der Waals surface area contributed by atoms with Crippen molar-refractivity contribution in [2.75, 3.05) is 26.4 Å². The Labute approximate surface area is 176 Å². The molecule has 0 aliphatic rings. The number of aliphatic imine (C=N–C) groups is 1. The van der Waals surface area contributed by atoms with Crippen LogP contribution < -0.4 is 5.32 Å². The maximum absolute atomic E-state index is 12.2. The van der Waals surface area contributed by atoms with Crippen LogP contribution in [0.3, 0.4) is 0 Å². The SMILES string of the molecule is CN=C(NCCCS(=O)(=O)c1ccccc1)N(C)Cc1csc(C)n1.I.